The van der Waals surface area contributed by atoms with Gasteiger partial charge in [-0.05, 0) is 43.2 Å². The van der Waals surface area contributed by atoms with Crippen LogP contribution >= 0.6 is 0 Å². The molecular formula is C23H30O3. The van der Waals surface area contributed by atoms with Crippen molar-refractivity contribution in [2.24, 2.45) is 5.92 Å². The molecule has 0 heterocycles. The van der Waals surface area contributed by atoms with Crippen molar-refractivity contribution in [3.8, 4) is 5.75 Å². The highest BCUT2D eigenvalue weighted by atomic mass is 16.3. The monoisotopic (exact) mass is 354 g/mol. The van der Waals surface area contributed by atoms with Crippen molar-refractivity contribution in [1.82, 2.24) is 0 Å². The minimum atomic E-state index is -0.609. The third-order valence-electron chi connectivity index (χ3n) is 4.90. The van der Waals surface area contributed by atoms with Gasteiger partial charge in [0.15, 0.2) is 0 Å². The van der Waals surface area contributed by atoms with Crippen LogP contribution in [0.15, 0.2) is 54.6 Å². The van der Waals surface area contributed by atoms with Crippen LogP contribution in [0.5, 0.6) is 5.75 Å². The molecule has 0 aromatic heterocycles. The number of benzene rings is 2. The minimum absolute atomic E-state index is 0.288. The van der Waals surface area contributed by atoms with E-state index in [-0.39, 0.29) is 11.7 Å². The molecule has 0 aliphatic carbocycles. The summed E-state index contributed by atoms with van der Waals surface area (Å²) in [4.78, 5) is 0. The summed E-state index contributed by atoms with van der Waals surface area (Å²) in [6, 6.07) is 11.5. The van der Waals surface area contributed by atoms with E-state index in [9.17, 15) is 15.3 Å². The van der Waals surface area contributed by atoms with E-state index in [2.05, 4.69) is 19.6 Å². The van der Waals surface area contributed by atoms with Gasteiger partial charge in [0.2, 0.25) is 0 Å². The average Bonchev–Trinajstić information content (AvgIpc) is 2.62. The molecule has 3 heteroatoms. The van der Waals surface area contributed by atoms with E-state index in [4.69, 9.17) is 0 Å². The highest BCUT2D eigenvalue weighted by Gasteiger charge is 2.20. The normalized spacial score (nSPS) is 15.6. The van der Waals surface area contributed by atoms with E-state index < -0.39 is 12.2 Å². The second-order valence-electron chi connectivity index (χ2n) is 6.93. The molecule has 2 rings (SSSR count). The van der Waals surface area contributed by atoms with E-state index in [0.717, 1.165) is 35.6 Å². The van der Waals surface area contributed by atoms with Gasteiger partial charge in [0, 0.05) is 11.3 Å². The maximum Gasteiger partial charge on any atom is 0.123 e. The summed E-state index contributed by atoms with van der Waals surface area (Å²) >= 11 is 0. The van der Waals surface area contributed by atoms with Crippen molar-refractivity contribution < 1.29 is 15.3 Å². The lowest BCUT2D eigenvalue weighted by Crippen LogP contribution is -2.28. The van der Waals surface area contributed by atoms with Gasteiger partial charge in [-0.15, -0.1) is 6.58 Å². The van der Waals surface area contributed by atoms with Gasteiger partial charge >= 0.3 is 0 Å². The molecule has 0 radical (unpaired) electrons. The number of fused-ring (bicyclic) bond motifs is 1. The number of aliphatic hydroxyl groups is 2. The van der Waals surface area contributed by atoms with E-state index in [0.29, 0.717) is 6.42 Å². The first kappa shape index (κ1) is 20.2. The number of aliphatic hydroxyl groups excluding tert-OH is 2. The van der Waals surface area contributed by atoms with Crippen molar-refractivity contribution in [3.05, 3.63) is 60.2 Å². The molecule has 3 atom stereocenters. The molecule has 0 aliphatic heterocycles. The van der Waals surface area contributed by atoms with Gasteiger partial charge < -0.3 is 15.3 Å². The Labute approximate surface area is 156 Å². The van der Waals surface area contributed by atoms with Crippen molar-refractivity contribution in [2.45, 2.75) is 51.7 Å². The molecule has 2 aromatic carbocycles. The highest BCUT2D eigenvalue weighted by Crippen LogP contribution is 2.30. The van der Waals surface area contributed by atoms with E-state index in [1.54, 1.807) is 19.1 Å². The number of phenols is 1. The standard InChI is InChI=1S/C23H30O3/c1-4-8-17(11-13-22(25)19(5-2)16(3)24)15-18-12-14-23(26)21-10-7-6-9-20(18)21/h5-7,9-10,12,14-16,19,22,24-26H,2,4,8,11,13H2,1,3H3/b17-15+/t16-,19+,22-/m1/s1. The number of rotatable bonds is 9. The van der Waals surface area contributed by atoms with E-state index in [1.165, 1.54) is 5.57 Å². The van der Waals surface area contributed by atoms with Crippen LogP contribution in [0, 0.1) is 5.92 Å². The van der Waals surface area contributed by atoms with Crippen LogP contribution in [0.2, 0.25) is 0 Å². The molecular weight excluding hydrogens is 324 g/mol. The fourth-order valence-corrected chi connectivity index (χ4v) is 3.44. The van der Waals surface area contributed by atoms with Gasteiger partial charge in [-0.25, -0.2) is 0 Å². The molecule has 0 bridgehead atoms. The van der Waals surface area contributed by atoms with Gasteiger partial charge in [-0.1, -0.05) is 61.4 Å². The number of hydrogen-bond acceptors (Lipinski definition) is 3. The SMILES string of the molecule is C=C[C@H]([C@H](O)CC/C(=C/c1ccc(O)c2ccccc12)CCC)[C@@H](C)O. The third kappa shape index (κ3) is 4.96. The van der Waals surface area contributed by atoms with Crippen LogP contribution in [0.3, 0.4) is 0 Å². The molecule has 0 saturated carbocycles. The van der Waals surface area contributed by atoms with Crippen LogP contribution in [-0.2, 0) is 0 Å². The van der Waals surface area contributed by atoms with Crippen LogP contribution in [0.1, 0.15) is 45.1 Å². The molecule has 0 spiro atoms. The third-order valence-corrected chi connectivity index (χ3v) is 4.90. The lowest BCUT2D eigenvalue weighted by atomic mass is 9.90. The fourth-order valence-electron chi connectivity index (χ4n) is 3.44. The zero-order valence-corrected chi connectivity index (χ0v) is 15.7. The zero-order valence-electron chi connectivity index (χ0n) is 15.7. The lowest BCUT2D eigenvalue weighted by molar-refractivity contribution is 0.0421. The van der Waals surface area contributed by atoms with Gasteiger partial charge in [0.1, 0.15) is 5.75 Å². The average molecular weight is 354 g/mol. The fraction of sp³-hybridized carbons (Fsp3) is 0.391. The van der Waals surface area contributed by atoms with Crippen molar-refractivity contribution in [1.29, 1.82) is 0 Å². The molecule has 26 heavy (non-hydrogen) atoms. The number of aromatic hydroxyl groups is 1. The molecule has 0 amide bonds. The largest absolute Gasteiger partial charge is 0.507 e. The van der Waals surface area contributed by atoms with Gasteiger partial charge in [0.25, 0.3) is 0 Å². The predicted octanol–water partition coefficient (Wildman–Crippen LogP) is 5.05. The van der Waals surface area contributed by atoms with E-state index in [1.807, 2.05) is 30.3 Å². The maximum atomic E-state index is 10.4. The molecule has 140 valence electrons. The quantitative estimate of drug-likeness (QED) is 0.552. The molecule has 0 saturated heterocycles. The topological polar surface area (TPSA) is 60.7 Å². The van der Waals surface area contributed by atoms with Crippen LogP contribution in [0.4, 0.5) is 0 Å². The number of allylic oxidation sites excluding steroid dienone is 1. The molecule has 2 aromatic rings. The highest BCUT2D eigenvalue weighted by molar-refractivity contribution is 5.94. The lowest BCUT2D eigenvalue weighted by Gasteiger charge is -2.22. The Morgan fingerprint density at radius 1 is 1.08 bits per heavy atom. The summed E-state index contributed by atoms with van der Waals surface area (Å²) < 4.78 is 0. The Balaban J connectivity index is 2.24. The summed E-state index contributed by atoms with van der Waals surface area (Å²) in [6.45, 7) is 7.54. The summed E-state index contributed by atoms with van der Waals surface area (Å²) in [5.74, 6) is -0.0247. The van der Waals surface area contributed by atoms with E-state index >= 15 is 0 Å². The van der Waals surface area contributed by atoms with Crippen LogP contribution < -0.4 is 0 Å². The number of phenolic OH excluding ortho intramolecular Hbond substituents is 1. The summed E-state index contributed by atoms with van der Waals surface area (Å²) in [6.07, 6.45) is 5.92. The molecule has 3 nitrogen and oxygen atoms in total. The second kappa shape index (κ2) is 9.56. The van der Waals surface area contributed by atoms with Crippen LogP contribution in [-0.4, -0.2) is 27.5 Å². The van der Waals surface area contributed by atoms with Crippen molar-refractivity contribution in [3.63, 3.8) is 0 Å². The Kier molecular flexibility index (Phi) is 7.43. The molecule has 0 aliphatic rings. The summed E-state index contributed by atoms with van der Waals surface area (Å²) in [5, 5.41) is 32.1. The Morgan fingerprint density at radius 2 is 1.77 bits per heavy atom. The minimum Gasteiger partial charge on any atom is -0.507 e. The Hall–Kier alpha value is -2.10. The summed E-state index contributed by atoms with van der Waals surface area (Å²) in [5.41, 5.74) is 2.34. The second-order valence-corrected chi connectivity index (χ2v) is 6.93. The smallest absolute Gasteiger partial charge is 0.123 e. The first-order chi connectivity index (χ1) is 12.5. The molecule has 0 fully saturated rings. The maximum absolute atomic E-state index is 10.4. The van der Waals surface area contributed by atoms with Gasteiger partial charge in [0.05, 0.1) is 12.2 Å². The van der Waals surface area contributed by atoms with Crippen molar-refractivity contribution in [2.75, 3.05) is 0 Å². The molecule has 0 unspecified atom stereocenters. The molecule has 3 N–H and O–H groups in total. The van der Waals surface area contributed by atoms with Crippen molar-refractivity contribution >= 4 is 16.8 Å². The van der Waals surface area contributed by atoms with Crippen LogP contribution in [0.25, 0.3) is 16.8 Å². The Morgan fingerprint density at radius 3 is 2.38 bits per heavy atom. The Bertz CT molecular complexity index is 761. The zero-order chi connectivity index (χ0) is 19.1. The van der Waals surface area contributed by atoms with Gasteiger partial charge in [-0.2, -0.15) is 0 Å². The number of hydrogen-bond donors (Lipinski definition) is 3. The first-order valence-electron chi connectivity index (χ1n) is 9.36. The predicted molar refractivity (Wildman–Crippen MR) is 109 cm³/mol. The van der Waals surface area contributed by atoms with Gasteiger partial charge in [-0.3, -0.25) is 0 Å². The first-order valence-corrected chi connectivity index (χ1v) is 9.36. The summed E-state index contributed by atoms with van der Waals surface area (Å²) in [7, 11) is 0.